The number of carboxylic acid groups (broad SMARTS) is 1. The lowest BCUT2D eigenvalue weighted by molar-refractivity contribution is -0.354. The molecule has 0 aliphatic carbocycles. The monoisotopic (exact) mass is 418 g/mol. The van der Waals surface area contributed by atoms with Gasteiger partial charge in [-0.15, -0.1) is 0 Å². The summed E-state index contributed by atoms with van der Waals surface area (Å²) in [6.07, 6.45) is 0.259. The van der Waals surface area contributed by atoms with E-state index in [4.69, 9.17) is 18.9 Å². The molecule has 0 fully saturated rings. The van der Waals surface area contributed by atoms with Gasteiger partial charge in [-0.1, -0.05) is 31.9 Å². The van der Waals surface area contributed by atoms with Gasteiger partial charge in [-0.25, -0.2) is 24.0 Å². The molecule has 0 aromatic heterocycles. The summed E-state index contributed by atoms with van der Waals surface area (Å²) < 4.78 is 19.7. The van der Waals surface area contributed by atoms with Crippen LogP contribution in [0.15, 0.2) is 62.2 Å². The number of benzene rings is 1. The van der Waals surface area contributed by atoms with Gasteiger partial charge in [0.05, 0.1) is 11.1 Å². The van der Waals surface area contributed by atoms with Crippen LogP contribution in [0.5, 0.6) is 0 Å². The number of aromatic carboxylic acids is 1. The maximum atomic E-state index is 12.5. The number of carbonyl (C=O) groups is 5. The Morgan fingerprint density at radius 3 is 1.63 bits per heavy atom. The predicted molar refractivity (Wildman–Crippen MR) is 99.9 cm³/mol. The van der Waals surface area contributed by atoms with Crippen LogP contribution in [0.3, 0.4) is 0 Å². The van der Waals surface area contributed by atoms with Gasteiger partial charge in [0.25, 0.3) is 0 Å². The number of hydrogen-bond donors (Lipinski definition) is 1. The smallest absolute Gasteiger partial charge is 0.463 e. The van der Waals surface area contributed by atoms with E-state index < -0.39 is 41.9 Å². The highest BCUT2D eigenvalue weighted by molar-refractivity contribution is 6.02. The summed E-state index contributed by atoms with van der Waals surface area (Å²) in [7, 11) is 0. The Morgan fingerprint density at radius 1 is 0.867 bits per heavy atom. The molecule has 30 heavy (non-hydrogen) atoms. The topological polar surface area (TPSA) is 142 Å². The van der Waals surface area contributed by atoms with Crippen LogP contribution in [0.25, 0.3) is 0 Å². The fourth-order valence-electron chi connectivity index (χ4n) is 2.00. The molecule has 0 spiro atoms. The molecule has 158 valence electrons. The molecule has 0 amide bonds. The Hall–Kier alpha value is -4.21. The van der Waals surface area contributed by atoms with Gasteiger partial charge in [-0.2, -0.15) is 0 Å². The molecule has 0 bridgehead atoms. The number of hydrogen-bond acceptors (Lipinski definition) is 9. The van der Waals surface area contributed by atoms with E-state index in [-0.39, 0.29) is 11.1 Å². The minimum absolute atomic E-state index is 0.356. The summed E-state index contributed by atoms with van der Waals surface area (Å²) in [5.74, 6) is -9.07. The molecule has 0 aliphatic rings. The number of carbonyl (C=O) groups excluding carboxylic acids is 4. The van der Waals surface area contributed by atoms with E-state index in [1.807, 2.05) is 0 Å². The third-order valence-electron chi connectivity index (χ3n) is 3.39. The van der Waals surface area contributed by atoms with E-state index in [2.05, 4.69) is 19.7 Å². The Bertz CT molecular complexity index is 844. The summed E-state index contributed by atoms with van der Waals surface area (Å²) in [6.45, 7) is 10.6. The van der Waals surface area contributed by atoms with Crippen molar-refractivity contribution in [1.82, 2.24) is 0 Å². The molecule has 1 aromatic carbocycles. The lowest BCUT2D eigenvalue weighted by Gasteiger charge is -2.34. The largest absolute Gasteiger partial charge is 0.478 e. The fourth-order valence-corrected chi connectivity index (χ4v) is 2.00. The fraction of sp³-hybridized carbons (Fsp3) is 0.150. The molecular weight excluding hydrogens is 400 g/mol. The number of rotatable bonds is 10. The second kappa shape index (κ2) is 10.4. The van der Waals surface area contributed by atoms with Crippen molar-refractivity contribution >= 4 is 29.8 Å². The molecule has 1 rings (SSSR count). The zero-order valence-corrected chi connectivity index (χ0v) is 15.9. The third-order valence-corrected chi connectivity index (χ3v) is 3.39. The third kappa shape index (κ3) is 5.89. The molecule has 0 saturated heterocycles. The van der Waals surface area contributed by atoms with Crippen LogP contribution in [0.2, 0.25) is 0 Å². The van der Waals surface area contributed by atoms with Gasteiger partial charge in [-0.05, 0) is 19.1 Å². The molecule has 1 unspecified atom stereocenters. The normalized spacial score (nSPS) is 11.2. The van der Waals surface area contributed by atoms with Crippen LogP contribution in [0.4, 0.5) is 0 Å². The molecule has 0 heterocycles. The van der Waals surface area contributed by atoms with Crippen molar-refractivity contribution in [2.24, 2.45) is 0 Å². The lowest BCUT2D eigenvalue weighted by atomic mass is 10.1. The molecular formula is C20H18O10. The summed E-state index contributed by atoms with van der Waals surface area (Å²) in [6, 6.07) is 5.09. The van der Waals surface area contributed by atoms with E-state index in [9.17, 15) is 29.1 Å². The minimum Gasteiger partial charge on any atom is -0.478 e. The summed E-state index contributed by atoms with van der Waals surface area (Å²) >= 11 is 0. The molecule has 1 atom stereocenters. The predicted octanol–water partition coefficient (Wildman–Crippen LogP) is 1.77. The van der Waals surface area contributed by atoms with Gasteiger partial charge < -0.3 is 24.1 Å². The first-order chi connectivity index (χ1) is 14.1. The number of esters is 4. The summed E-state index contributed by atoms with van der Waals surface area (Å²) in [4.78, 5) is 59.2. The van der Waals surface area contributed by atoms with E-state index in [0.29, 0.717) is 18.2 Å². The van der Waals surface area contributed by atoms with Crippen LogP contribution < -0.4 is 0 Å². The van der Waals surface area contributed by atoms with E-state index >= 15 is 0 Å². The number of carboxylic acids is 1. The Labute approximate surface area is 171 Å². The number of ether oxygens (including phenoxy) is 4. The average molecular weight is 418 g/mol. The zero-order chi connectivity index (χ0) is 22.9. The van der Waals surface area contributed by atoms with E-state index in [1.165, 1.54) is 18.2 Å². The van der Waals surface area contributed by atoms with E-state index in [1.54, 1.807) is 0 Å². The quantitative estimate of drug-likeness (QED) is 0.339. The SMILES string of the molecule is C=CC(=O)OC(OC(=O)C=C)(OC(=O)C=C)C(C)OC(=O)c1ccccc1C(=O)O. The second-order valence-corrected chi connectivity index (χ2v) is 5.38. The van der Waals surface area contributed by atoms with Crippen LogP contribution in [-0.4, -0.2) is 47.0 Å². The first-order valence-electron chi connectivity index (χ1n) is 8.19. The molecule has 1 aromatic rings. The Balaban J connectivity index is 3.39. The van der Waals surface area contributed by atoms with Crippen molar-refractivity contribution in [3.8, 4) is 0 Å². The molecule has 1 N–H and O–H groups in total. The van der Waals surface area contributed by atoms with Gasteiger partial charge in [-0.3, -0.25) is 0 Å². The highest BCUT2D eigenvalue weighted by Crippen LogP contribution is 2.26. The van der Waals surface area contributed by atoms with Crippen molar-refractivity contribution in [3.05, 3.63) is 73.4 Å². The summed E-state index contributed by atoms with van der Waals surface area (Å²) in [5, 5.41) is 9.21. The van der Waals surface area contributed by atoms with Crippen molar-refractivity contribution in [1.29, 1.82) is 0 Å². The maximum absolute atomic E-state index is 12.5. The van der Waals surface area contributed by atoms with Crippen molar-refractivity contribution in [2.75, 3.05) is 0 Å². The Kier molecular flexibility index (Phi) is 8.23. The van der Waals surface area contributed by atoms with Crippen LogP contribution in [-0.2, 0) is 33.3 Å². The molecule has 10 heteroatoms. The lowest BCUT2D eigenvalue weighted by Crippen LogP contribution is -2.53. The minimum atomic E-state index is -2.88. The van der Waals surface area contributed by atoms with Gasteiger partial charge in [0.1, 0.15) is 0 Å². The van der Waals surface area contributed by atoms with Gasteiger partial charge in [0.15, 0.2) is 0 Å². The van der Waals surface area contributed by atoms with Crippen molar-refractivity contribution in [3.63, 3.8) is 0 Å². The highest BCUT2D eigenvalue weighted by Gasteiger charge is 2.51. The average Bonchev–Trinajstić information content (AvgIpc) is 2.72. The van der Waals surface area contributed by atoms with Crippen molar-refractivity contribution in [2.45, 2.75) is 19.0 Å². The molecule has 10 nitrogen and oxygen atoms in total. The molecule has 0 saturated carbocycles. The summed E-state index contributed by atoms with van der Waals surface area (Å²) in [5.41, 5.74) is -0.736. The van der Waals surface area contributed by atoms with Crippen LogP contribution in [0.1, 0.15) is 27.6 Å². The molecule has 0 radical (unpaired) electrons. The first-order valence-corrected chi connectivity index (χ1v) is 8.19. The first kappa shape index (κ1) is 23.8. The van der Waals surface area contributed by atoms with Crippen molar-refractivity contribution < 1.29 is 48.0 Å². The highest BCUT2D eigenvalue weighted by atomic mass is 16.9. The van der Waals surface area contributed by atoms with E-state index in [0.717, 1.165) is 13.0 Å². The van der Waals surface area contributed by atoms with Gasteiger partial charge in [0, 0.05) is 18.2 Å². The van der Waals surface area contributed by atoms with Crippen LogP contribution >= 0.6 is 0 Å². The Morgan fingerprint density at radius 2 is 1.27 bits per heavy atom. The van der Waals surface area contributed by atoms with Crippen LogP contribution in [0, 0.1) is 0 Å². The second-order valence-electron chi connectivity index (χ2n) is 5.38. The zero-order valence-electron chi connectivity index (χ0n) is 15.9. The van der Waals surface area contributed by atoms with Gasteiger partial charge in [0.2, 0.25) is 6.10 Å². The standard InChI is InChI=1S/C20H18O10/c1-5-15(21)28-20(29-16(22)6-2,30-17(23)7-3)12(4)27-19(26)14-11-9-8-10-13(14)18(24)25/h5-12H,1-3H2,4H3,(H,24,25). The maximum Gasteiger partial charge on any atom is 0.463 e. The van der Waals surface area contributed by atoms with Gasteiger partial charge >= 0.3 is 35.8 Å². The molecule has 0 aliphatic heterocycles.